The van der Waals surface area contributed by atoms with Gasteiger partial charge in [0.25, 0.3) is 5.91 Å². The van der Waals surface area contributed by atoms with Crippen LogP contribution in [0, 0.1) is 0 Å². The van der Waals surface area contributed by atoms with Gasteiger partial charge in [0.05, 0.1) is 23.9 Å². The summed E-state index contributed by atoms with van der Waals surface area (Å²) < 4.78 is 7.13. The Bertz CT molecular complexity index is 805. The van der Waals surface area contributed by atoms with Crippen LogP contribution in [0.25, 0.3) is 5.69 Å². The summed E-state index contributed by atoms with van der Waals surface area (Å²) in [6, 6.07) is 15.1. The molecular formula is C17H15N3O2S. The molecule has 2 aromatic heterocycles. The quantitative estimate of drug-likeness (QED) is 0.578. The lowest BCUT2D eigenvalue weighted by Gasteiger charge is -2.07. The lowest BCUT2D eigenvalue weighted by Crippen LogP contribution is -2.16. The number of hydrazone groups is 1. The van der Waals surface area contributed by atoms with Crippen molar-refractivity contribution in [3.63, 3.8) is 0 Å². The fourth-order valence-corrected chi connectivity index (χ4v) is 2.71. The number of thiophene rings is 1. The summed E-state index contributed by atoms with van der Waals surface area (Å²) in [4.78, 5) is 12.5. The van der Waals surface area contributed by atoms with Gasteiger partial charge in [-0.15, -0.1) is 11.3 Å². The number of ether oxygens (including phenoxy) is 1. The lowest BCUT2D eigenvalue weighted by atomic mass is 10.3. The van der Waals surface area contributed by atoms with Crippen molar-refractivity contribution >= 4 is 23.5 Å². The Kier molecular flexibility index (Phi) is 4.54. The Morgan fingerprint density at radius 3 is 2.74 bits per heavy atom. The van der Waals surface area contributed by atoms with E-state index in [0.29, 0.717) is 4.88 Å². The molecule has 3 aromatic rings. The number of rotatable bonds is 5. The van der Waals surface area contributed by atoms with Gasteiger partial charge in [0.15, 0.2) is 0 Å². The van der Waals surface area contributed by atoms with Crippen LogP contribution in [0.3, 0.4) is 0 Å². The van der Waals surface area contributed by atoms with Crippen molar-refractivity contribution in [2.24, 2.45) is 5.10 Å². The van der Waals surface area contributed by atoms with E-state index in [0.717, 1.165) is 17.1 Å². The molecule has 6 heteroatoms. The fourth-order valence-electron chi connectivity index (χ4n) is 2.10. The molecule has 1 N–H and O–H groups in total. The second-order valence-corrected chi connectivity index (χ2v) is 5.63. The van der Waals surface area contributed by atoms with Crippen molar-refractivity contribution < 1.29 is 9.53 Å². The zero-order chi connectivity index (χ0) is 16.1. The van der Waals surface area contributed by atoms with E-state index in [2.05, 4.69) is 10.5 Å². The summed E-state index contributed by atoms with van der Waals surface area (Å²) in [5, 5.41) is 5.88. The van der Waals surface area contributed by atoms with Gasteiger partial charge >= 0.3 is 0 Å². The number of benzene rings is 1. The molecule has 0 bridgehead atoms. The minimum atomic E-state index is -0.209. The first-order valence-electron chi connectivity index (χ1n) is 6.96. The molecule has 0 atom stereocenters. The first-order valence-corrected chi connectivity index (χ1v) is 7.84. The number of carbonyl (C=O) groups is 1. The number of carbonyl (C=O) groups excluding carboxylic acids is 1. The standard InChI is InChI=1S/C17H15N3O2S/c1-22-15-8-6-13(7-9-15)20-10-2-4-14(20)12-18-19-17(21)16-5-3-11-23-16/h2-12H,1H3,(H,19,21)/b18-12+. The molecule has 1 amide bonds. The molecule has 0 saturated heterocycles. The van der Waals surface area contributed by atoms with Gasteiger partial charge in [-0.2, -0.15) is 5.10 Å². The zero-order valence-corrected chi connectivity index (χ0v) is 13.3. The highest BCUT2D eigenvalue weighted by Crippen LogP contribution is 2.16. The molecule has 0 fully saturated rings. The molecular weight excluding hydrogens is 310 g/mol. The Morgan fingerprint density at radius 2 is 2.04 bits per heavy atom. The monoisotopic (exact) mass is 325 g/mol. The van der Waals surface area contributed by atoms with Gasteiger partial charge in [-0.05, 0) is 47.8 Å². The van der Waals surface area contributed by atoms with E-state index in [9.17, 15) is 4.79 Å². The summed E-state index contributed by atoms with van der Waals surface area (Å²) in [6.45, 7) is 0. The highest BCUT2D eigenvalue weighted by molar-refractivity contribution is 7.12. The van der Waals surface area contributed by atoms with Gasteiger partial charge in [0.1, 0.15) is 5.75 Å². The van der Waals surface area contributed by atoms with Crippen LogP contribution in [0.1, 0.15) is 15.4 Å². The lowest BCUT2D eigenvalue weighted by molar-refractivity contribution is 0.0959. The third-order valence-corrected chi connectivity index (χ3v) is 4.11. The van der Waals surface area contributed by atoms with E-state index in [1.807, 2.05) is 58.6 Å². The molecule has 0 aliphatic heterocycles. The number of nitrogens with zero attached hydrogens (tertiary/aromatic N) is 2. The third-order valence-electron chi connectivity index (χ3n) is 3.24. The van der Waals surface area contributed by atoms with E-state index >= 15 is 0 Å². The maximum atomic E-state index is 11.8. The highest BCUT2D eigenvalue weighted by atomic mass is 32.1. The second kappa shape index (κ2) is 6.93. The molecule has 0 aliphatic rings. The van der Waals surface area contributed by atoms with Gasteiger partial charge in [-0.1, -0.05) is 6.07 Å². The molecule has 0 radical (unpaired) electrons. The highest BCUT2D eigenvalue weighted by Gasteiger charge is 2.05. The molecule has 0 aliphatic carbocycles. The van der Waals surface area contributed by atoms with E-state index < -0.39 is 0 Å². The van der Waals surface area contributed by atoms with Crippen LogP contribution in [0.15, 0.2) is 65.2 Å². The van der Waals surface area contributed by atoms with Crippen LogP contribution in [-0.4, -0.2) is 23.8 Å². The summed E-state index contributed by atoms with van der Waals surface area (Å²) in [5.74, 6) is 0.595. The van der Waals surface area contributed by atoms with E-state index in [-0.39, 0.29) is 5.91 Å². The smallest absolute Gasteiger partial charge is 0.281 e. The van der Waals surface area contributed by atoms with Crippen molar-refractivity contribution in [3.8, 4) is 11.4 Å². The van der Waals surface area contributed by atoms with Crippen molar-refractivity contribution in [1.82, 2.24) is 9.99 Å². The Labute approximate surface area is 137 Å². The van der Waals surface area contributed by atoms with Crippen LogP contribution < -0.4 is 10.2 Å². The maximum Gasteiger partial charge on any atom is 0.281 e. The number of amides is 1. The van der Waals surface area contributed by atoms with E-state index in [1.54, 1.807) is 19.4 Å². The van der Waals surface area contributed by atoms with Gasteiger partial charge in [0.2, 0.25) is 0 Å². The summed E-state index contributed by atoms with van der Waals surface area (Å²) in [5.41, 5.74) is 4.38. The van der Waals surface area contributed by atoms with Crippen LogP contribution in [-0.2, 0) is 0 Å². The van der Waals surface area contributed by atoms with Crippen LogP contribution in [0.4, 0.5) is 0 Å². The van der Waals surface area contributed by atoms with Crippen molar-refractivity contribution in [2.75, 3.05) is 7.11 Å². The minimum absolute atomic E-state index is 0.209. The summed E-state index contributed by atoms with van der Waals surface area (Å²) >= 11 is 1.38. The SMILES string of the molecule is COc1ccc(-n2cccc2/C=N/NC(=O)c2cccs2)cc1. The molecule has 1 aromatic carbocycles. The summed E-state index contributed by atoms with van der Waals surface area (Å²) in [6.07, 6.45) is 3.56. The van der Waals surface area contributed by atoms with Crippen LogP contribution >= 0.6 is 11.3 Å². The molecule has 2 heterocycles. The van der Waals surface area contributed by atoms with Gasteiger partial charge < -0.3 is 9.30 Å². The molecule has 116 valence electrons. The molecule has 0 saturated carbocycles. The van der Waals surface area contributed by atoms with Crippen molar-refractivity contribution in [1.29, 1.82) is 0 Å². The summed E-state index contributed by atoms with van der Waals surface area (Å²) in [7, 11) is 1.64. The normalized spacial score (nSPS) is 10.8. The largest absolute Gasteiger partial charge is 0.497 e. The number of aromatic nitrogens is 1. The van der Waals surface area contributed by atoms with Crippen LogP contribution in [0.2, 0.25) is 0 Å². The molecule has 3 rings (SSSR count). The number of hydrogen-bond acceptors (Lipinski definition) is 4. The predicted octanol–water partition coefficient (Wildman–Crippen LogP) is 3.31. The molecule has 0 spiro atoms. The number of methoxy groups -OCH3 is 1. The minimum Gasteiger partial charge on any atom is -0.497 e. The van der Waals surface area contributed by atoms with Gasteiger partial charge in [-0.3, -0.25) is 4.79 Å². The van der Waals surface area contributed by atoms with Gasteiger partial charge in [-0.25, -0.2) is 5.43 Å². The van der Waals surface area contributed by atoms with Crippen molar-refractivity contribution in [2.45, 2.75) is 0 Å². The van der Waals surface area contributed by atoms with E-state index in [1.165, 1.54) is 11.3 Å². The van der Waals surface area contributed by atoms with Gasteiger partial charge in [0, 0.05) is 11.9 Å². The second-order valence-electron chi connectivity index (χ2n) is 4.68. The Hall–Kier alpha value is -2.86. The van der Waals surface area contributed by atoms with E-state index in [4.69, 9.17) is 4.74 Å². The average Bonchev–Trinajstić information content (AvgIpc) is 3.26. The zero-order valence-electron chi connectivity index (χ0n) is 12.5. The molecule has 0 unspecified atom stereocenters. The molecule has 5 nitrogen and oxygen atoms in total. The Morgan fingerprint density at radius 1 is 1.22 bits per heavy atom. The first-order chi connectivity index (χ1) is 11.3. The third kappa shape index (κ3) is 3.49. The average molecular weight is 325 g/mol. The first kappa shape index (κ1) is 15.1. The fraction of sp³-hybridized carbons (Fsp3) is 0.0588. The van der Waals surface area contributed by atoms with Crippen LogP contribution in [0.5, 0.6) is 5.75 Å². The maximum absolute atomic E-state index is 11.8. The molecule has 23 heavy (non-hydrogen) atoms. The topological polar surface area (TPSA) is 55.6 Å². The predicted molar refractivity (Wildman–Crippen MR) is 91.7 cm³/mol. The van der Waals surface area contributed by atoms with Crippen molar-refractivity contribution in [3.05, 3.63) is 70.7 Å². The number of nitrogens with one attached hydrogen (secondary N) is 1. The Balaban J connectivity index is 1.73. The number of hydrogen-bond donors (Lipinski definition) is 1.